The van der Waals surface area contributed by atoms with Crippen molar-refractivity contribution in [2.75, 3.05) is 0 Å². The molecule has 0 amide bonds. The van der Waals surface area contributed by atoms with Gasteiger partial charge in [-0.15, -0.1) is 0 Å². The lowest BCUT2D eigenvalue weighted by molar-refractivity contribution is 0.0879. The van der Waals surface area contributed by atoms with Crippen LogP contribution >= 0.6 is 0 Å². The van der Waals surface area contributed by atoms with Crippen molar-refractivity contribution in [3.8, 4) is 0 Å². The number of fused-ring (bicyclic) bond motifs is 4. The number of allylic oxidation sites excluding steroid dienone is 4. The molecule has 0 heteroatoms. The fourth-order valence-electron chi connectivity index (χ4n) is 17.8. The first kappa shape index (κ1) is 37.7. The molecule has 8 unspecified atom stereocenters. The van der Waals surface area contributed by atoms with E-state index in [-0.39, 0.29) is 0 Å². The molecule has 0 aromatic rings. The Morgan fingerprint density at radius 1 is 0.222 bits per heavy atom. The van der Waals surface area contributed by atoms with Crippen molar-refractivity contribution in [1.29, 1.82) is 0 Å². The van der Waals surface area contributed by atoms with Crippen LogP contribution in [0.15, 0.2) is 23.3 Å². The Labute approximate surface area is 335 Å². The van der Waals surface area contributed by atoms with Gasteiger partial charge >= 0.3 is 0 Å². The molecular formula is C54H86. The Morgan fingerprint density at radius 2 is 0.444 bits per heavy atom. The normalized spacial score (nSPS) is 48.7. The summed E-state index contributed by atoms with van der Waals surface area (Å²) in [6.45, 7) is 0. The summed E-state index contributed by atoms with van der Waals surface area (Å²) in [5.74, 6) is 16.6. The van der Waals surface area contributed by atoms with E-state index in [2.05, 4.69) is 12.2 Å². The summed E-state index contributed by atoms with van der Waals surface area (Å²) >= 11 is 0. The molecule has 0 spiro atoms. The van der Waals surface area contributed by atoms with Crippen LogP contribution < -0.4 is 0 Å². The minimum Gasteiger partial charge on any atom is -0.0816 e. The maximum atomic E-state index is 2.99. The van der Waals surface area contributed by atoms with E-state index in [1.165, 1.54) is 77.0 Å². The molecule has 0 nitrogen and oxygen atoms in total. The van der Waals surface area contributed by atoms with Gasteiger partial charge in [0, 0.05) is 0 Å². The monoisotopic (exact) mass is 735 g/mol. The van der Waals surface area contributed by atoms with Crippen LogP contribution in [-0.4, -0.2) is 0 Å². The molecule has 10 fully saturated rings. The van der Waals surface area contributed by atoms with Crippen LogP contribution in [0.1, 0.15) is 218 Å². The first-order valence-corrected chi connectivity index (χ1v) is 26.2. The molecule has 10 rings (SSSR count). The summed E-state index contributed by atoms with van der Waals surface area (Å²) in [7, 11) is 0. The lowest BCUT2D eigenvalue weighted by Crippen LogP contribution is -2.38. The van der Waals surface area contributed by atoms with Gasteiger partial charge in [-0.3, -0.25) is 0 Å². The SMILES string of the molecule is C(=C1C2CCCCC2CC2CCCCC12)C1CCC(C2CCC(C3CCC(C4CCC(C=C5C6CCCCC6CC6CCCCC56)CC4)CC3)CC2)CC1. The van der Waals surface area contributed by atoms with Crippen LogP contribution in [0.4, 0.5) is 0 Å². The smallest absolute Gasteiger partial charge is 0.0172 e. The Bertz CT molecular complexity index is 1110. The minimum atomic E-state index is 0.934. The first-order chi connectivity index (χ1) is 26.7. The van der Waals surface area contributed by atoms with Crippen LogP contribution in [0.5, 0.6) is 0 Å². The van der Waals surface area contributed by atoms with Crippen molar-refractivity contribution < 1.29 is 0 Å². The standard InChI is InChI=1S/C54H86/c1-5-13-49-45(9-1)35-46-10-2-6-14-50(46)53(49)33-37-17-21-39(22-18-37)41-25-29-43(30-26-41)44-31-27-42(28-32-44)40-23-19-38(20-24-40)34-54-51-15-7-3-11-47(51)36-48-12-4-8-16-52(48)54/h33-34,37-52H,1-32,35-36H2. The van der Waals surface area contributed by atoms with Crippen LogP contribution in [0.25, 0.3) is 0 Å². The van der Waals surface area contributed by atoms with Gasteiger partial charge < -0.3 is 0 Å². The van der Waals surface area contributed by atoms with Crippen LogP contribution in [0, 0.1) is 94.7 Å². The van der Waals surface area contributed by atoms with E-state index < -0.39 is 0 Å². The van der Waals surface area contributed by atoms with E-state index in [0.29, 0.717) is 0 Å². The molecule has 10 aliphatic carbocycles. The third-order valence-corrected chi connectivity index (χ3v) is 20.7. The largest absolute Gasteiger partial charge is 0.0816 e. The maximum absolute atomic E-state index is 2.99. The molecule has 10 aliphatic rings. The summed E-state index contributed by atoms with van der Waals surface area (Å²) in [6, 6.07) is 0. The summed E-state index contributed by atoms with van der Waals surface area (Å²) in [5.41, 5.74) is 4.09. The lowest BCUT2D eigenvalue weighted by Gasteiger charge is -2.49. The van der Waals surface area contributed by atoms with Gasteiger partial charge in [-0.1, -0.05) is 74.7 Å². The third-order valence-electron chi connectivity index (χ3n) is 20.7. The molecule has 0 aliphatic heterocycles. The number of hydrogen-bond donors (Lipinski definition) is 0. The molecule has 8 atom stereocenters. The Hall–Kier alpha value is -0.520. The van der Waals surface area contributed by atoms with Gasteiger partial charge in [-0.05, 0) is 262 Å². The van der Waals surface area contributed by atoms with Gasteiger partial charge in [0.2, 0.25) is 0 Å². The fourth-order valence-corrected chi connectivity index (χ4v) is 17.8. The van der Waals surface area contributed by atoms with Crippen molar-refractivity contribution in [3.05, 3.63) is 23.3 Å². The van der Waals surface area contributed by atoms with Gasteiger partial charge in [0.25, 0.3) is 0 Å². The number of hydrogen-bond acceptors (Lipinski definition) is 0. The minimum absolute atomic E-state index is 0.934. The van der Waals surface area contributed by atoms with Crippen molar-refractivity contribution in [2.45, 2.75) is 218 Å². The molecule has 10 saturated carbocycles. The van der Waals surface area contributed by atoms with Gasteiger partial charge in [0.15, 0.2) is 0 Å². The first-order valence-electron chi connectivity index (χ1n) is 26.2. The van der Waals surface area contributed by atoms with Gasteiger partial charge in [0.1, 0.15) is 0 Å². The molecule has 54 heavy (non-hydrogen) atoms. The topological polar surface area (TPSA) is 0 Å². The summed E-state index contributed by atoms with van der Waals surface area (Å²) < 4.78 is 0. The molecule has 302 valence electrons. The zero-order chi connectivity index (χ0) is 35.8. The highest BCUT2D eigenvalue weighted by molar-refractivity contribution is 5.21. The van der Waals surface area contributed by atoms with Gasteiger partial charge in [-0.2, -0.15) is 0 Å². The molecule has 0 N–H and O–H groups in total. The summed E-state index contributed by atoms with van der Waals surface area (Å²) in [5, 5.41) is 0. The number of rotatable bonds is 5. The Kier molecular flexibility index (Phi) is 12.1. The third kappa shape index (κ3) is 8.07. The van der Waals surface area contributed by atoms with Crippen LogP contribution in [0.2, 0.25) is 0 Å². The second kappa shape index (κ2) is 17.4. The van der Waals surface area contributed by atoms with E-state index in [4.69, 9.17) is 0 Å². The van der Waals surface area contributed by atoms with E-state index in [1.807, 2.05) is 11.1 Å². The average molecular weight is 735 g/mol. The zero-order valence-corrected chi connectivity index (χ0v) is 35.4. The van der Waals surface area contributed by atoms with Crippen molar-refractivity contribution >= 4 is 0 Å². The molecule has 0 aromatic heterocycles. The molecular weight excluding hydrogens is 649 g/mol. The van der Waals surface area contributed by atoms with E-state index in [9.17, 15) is 0 Å². The van der Waals surface area contributed by atoms with Crippen LogP contribution in [-0.2, 0) is 0 Å². The Balaban J connectivity index is 0.663. The lowest BCUT2D eigenvalue weighted by atomic mass is 9.56. The van der Waals surface area contributed by atoms with Crippen LogP contribution in [0.3, 0.4) is 0 Å². The van der Waals surface area contributed by atoms with E-state index in [0.717, 1.165) is 94.7 Å². The van der Waals surface area contributed by atoms with E-state index >= 15 is 0 Å². The fraction of sp³-hybridized carbons (Fsp3) is 0.926. The molecule has 0 radical (unpaired) electrons. The zero-order valence-electron chi connectivity index (χ0n) is 35.4. The predicted molar refractivity (Wildman–Crippen MR) is 229 cm³/mol. The average Bonchev–Trinajstić information content (AvgIpc) is 3.24. The van der Waals surface area contributed by atoms with E-state index in [1.54, 1.807) is 141 Å². The molecule has 0 aromatic carbocycles. The van der Waals surface area contributed by atoms with Crippen molar-refractivity contribution in [1.82, 2.24) is 0 Å². The quantitative estimate of drug-likeness (QED) is 0.247. The second-order valence-corrected chi connectivity index (χ2v) is 23.1. The summed E-state index contributed by atoms with van der Waals surface area (Å²) in [6.07, 6.45) is 59.0. The van der Waals surface area contributed by atoms with Crippen molar-refractivity contribution in [3.63, 3.8) is 0 Å². The van der Waals surface area contributed by atoms with Gasteiger partial charge in [0.05, 0.1) is 0 Å². The highest BCUT2D eigenvalue weighted by atomic mass is 14.5. The van der Waals surface area contributed by atoms with Gasteiger partial charge in [-0.25, -0.2) is 0 Å². The summed E-state index contributed by atoms with van der Waals surface area (Å²) in [4.78, 5) is 0. The molecule has 0 saturated heterocycles. The maximum Gasteiger partial charge on any atom is -0.0172 e. The molecule has 0 heterocycles. The highest BCUT2D eigenvalue weighted by Crippen LogP contribution is 2.56. The Morgan fingerprint density at radius 3 is 0.704 bits per heavy atom. The van der Waals surface area contributed by atoms with Crippen molar-refractivity contribution in [2.24, 2.45) is 94.7 Å². The highest BCUT2D eigenvalue weighted by Gasteiger charge is 2.45. The predicted octanol–water partition coefficient (Wildman–Crippen LogP) is 16.1. The molecule has 0 bridgehead atoms. The second-order valence-electron chi connectivity index (χ2n) is 23.1.